The van der Waals surface area contributed by atoms with Gasteiger partial charge in [0.2, 0.25) is 11.2 Å². The zero-order chi connectivity index (χ0) is 18.0. The number of methoxy groups -OCH3 is 1. The molecule has 126 valence electrons. The predicted octanol–water partition coefficient (Wildman–Crippen LogP) is 1.62. The average Bonchev–Trinajstić information content (AvgIpc) is 2.48. The largest absolute Gasteiger partial charge is 0.507 e. The van der Waals surface area contributed by atoms with Gasteiger partial charge in [0, 0.05) is 6.08 Å². The average molecular weight is 334 g/mol. The monoisotopic (exact) mass is 334 g/mol. The molecular weight excluding hydrogens is 320 g/mol. The first-order valence-electron chi connectivity index (χ1n) is 6.74. The van der Waals surface area contributed by atoms with E-state index in [0.29, 0.717) is 0 Å². The first-order valence-corrected chi connectivity index (χ1v) is 6.74. The fourth-order valence-corrected chi connectivity index (χ4v) is 2.25. The van der Waals surface area contributed by atoms with Crippen LogP contribution in [0.3, 0.4) is 0 Å². The summed E-state index contributed by atoms with van der Waals surface area (Å²) in [6.07, 6.45) is 1.18. The van der Waals surface area contributed by atoms with Crippen molar-refractivity contribution in [2.24, 2.45) is 0 Å². The number of carboxylic acid groups (broad SMARTS) is 1. The van der Waals surface area contributed by atoms with Crippen molar-refractivity contribution in [1.82, 2.24) is 0 Å². The van der Waals surface area contributed by atoms with Gasteiger partial charge in [-0.3, -0.25) is 14.4 Å². The van der Waals surface area contributed by atoms with Crippen LogP contribution in [-0.2, 0) is 16.0 Å². The Hall–Kier alpha value is -3.29. The number of allylic oxidation sites excluding steroid dienone is 1. The second kappa shape index (κ2) is 6.45. The molecule has 0 bridgehead atoms. The second-order valence-electron chi connectivity index (χ2n) is 4.98. The molecule has 0 atom stereocenters. The number of aromatic hydroxyl groups is 1. The standard InChI is InChI=1S/C16H14O8/c1-7(17)3-10(18)9-6-24-16-13(14(9)21)8(5-12(19)20)4-11(23-2)15(16)22/h3-4,6,18,22H,5H2,1-2H3,(H,19,20). The van der Waals surface area contributed by atoms with E-state index in [-0.39, 0.29) is 27.8 Å². The number of carbonyl (C=O) groups excluding carboxylic acids is 1. The van der Waals surface area contributed by atoms with Crippen molar-refractivity contribution in [3.8, 4) is 11.5 Å². The van der Waals surface area contributed by atoms with E-state index in [2.05, 4.69) is 0 Å². The van der Waals surface area contributed by atoms with Crippen molar-refractivity contribution in [2.75, 3.05) is 7.11 Å². The Balaban J connectivity index is 2.88. The molecule has 0 fully saturated rings. The number of ether oxygens (including phenoxy) is 1. The Bertz CT molecular complexity index is 920. The molecule has 2 aromatic rings. The predicted molar refractivity (Wildman–Crippen MR) is 83.3 cm³/mol. The van der Waals surface area contributed by atoms with Crippen LogP contribution >= 0.6 is 0 Å². The summed E-state index contributed by atoms with van der Waals surface area (Å²) in [5.41, 5.74) is -1.33. The number of aliphatic hydroxyl groups is 1. The molecule has 0 radical (unpaired) electrons. The lowest BCUT2D eigenvalue weighted by Gasteiger charge is -2.10. The summed E-state index contributed by atoms with van der Waals surface area (Å²) in [4.78, 5) is 34.7. The first-order chi connectivity index (χ1) is 11.3. The molecule has 1 heterocycles. The number of ketones is 1. The van der Waals surface area contributed by atoms with Gasteiger partial charge < -0.3 is 24.5 Å². The maximum atomic E-state index is 12.6. The fourth-order valence-electron chi connectivity index (χ4n) is 2.25. The zero-order valence-corrected chi connectivity index (χ0v) is 12.8. The highest BCUT2D eigenvalue weighted by atomic mass is 16.5. The van der Waals surface area contributed by atoms with Crippen LogP contribution < -0.4 is 10.2 Å². The van der Waals surface area contributed by atoms with Crippen molar-refractivity contribution in [2.45, 2.75) is 13.3 Å². The molecule has 0 amide bonds. The molecule has 0 aliphatic rings. The SMILES string of the molecule is COc1cc(CC(=O)O)c2c(=O)c(C(O)=CC(C)=O)coc2c1O. The summed E-state index contributed by atoms with van der Waals surface area (Å²) in [5.74, 6) is -2.85. The van der Waals surface area contributed by atoms with Crippen LogP contribution in [0.4, 0.5) is 0 Å². The minimum absolute atomic E-state index is 0.0402. The molecule has 8 nitrogen and oxygen atoms in total. The molecule has 3 N–H and O–H groups in total. The minimum atomic E-state index is -1.21. The van der Waals surface area contributed by atoms with E-state index in [1.165, 1.54) is 20.1 Å². The van der Waals surface area contributed by atoms with E-state index in [0.717, 1.165) is 12.3 Å². The van der Waals surface area contributed by atoms with Crippen LogP contribution in [0.15, 0.2) is 27.6 Å². The maximum absolute atomic E-state index is 12.6. The van der Waals surface area contributed by atoms with E-state index in [9.17, 15) is 24.6 Å². The minimum Gasteiger partial charge on any atom is -0.507 e. The Kier molecular flexibility index (Phi) is 4.59. The Labute approximate surface area is 135 Å². The van der Waals surface area contributed by atoms with Crippen molar-refractivity contribution in [3.05, 3.63) is 39.8 Å². The number of phenolic OH excluding ortho intramolecular Hbond substituents is 1. The molecule has 24 heavy (non-hydrogen) atoms. The summed E-state index contributed by atoms with van der Waals surface area (Å²) in [6, 6.07) is 1.21. The number of carboxylic acids is 1. The highest BCUT2D eigenvalue weighted by Crippen LogP contribution is 2.36. The van der Waals surface area contributed by atoms with Crippen LogP contribution in [0.25, 0.3) is 16.7 Å². The van der Waals surface area contributed by atoms with Crippen molar-refractivity contribution >= 4 is 28.5 Å². The number of hydrogen-bond acceptors (Lipinski definition) is 7. The number of aliphatic hydroxyl groups excluding tert-OH is 1. The Morgan fingerprint density at radius 2 is 2.00 bits per heavy atom. The molecular formula is C16H14O8. The van der Waals surface area contributed by atoms with Gasteiger partial charge >= 0.3 is 5.97 Å². The molecule has 2 rings (SSSR count). The van der Waals surface area contributed by atoms with Gasteiger partial charge in [0.1, 0.15) is 12.0 Å². The van der Waals surface area contributed by atoms with Gasteiger partial charge in [-0.25, -0.2) is 0 Å². The molecule has 0 saturated carbocycles. The lowest BCUT2D eigenvalue weighted by atomic mass is 10.0. The Morgan fingerprint density at radius 3 is 2.54 bits per heavy atom. The summed E-state index contributed by atoms with van der Waals surface area (Å²) in [7, 11) is 1.26. The third kappa shape index (κ3) is 3.07. The van der Waals surface area contributed by atoms with Crippen LogP contribution in [-0.4, -0.2) is 34.2 Å². The van der Waals surface area contributed by atoms with E-state index in [1.54, 1.807) is 0 Å². The number of rotatable bonds is 5. The molecule has 8 heteroatoms. The second-order valence-corrected chi connectivity index (χ2v) is 4.98. The number of aliphatic carboxylic acids is 1. The molecule has 0 aliphatic carbocycles. The molecule has 0 spiro atoms. The van der Waals surface area contributed by atoms with Crippen molar-refractivity contribution in [1.29, 1.82) is 0 Å². The first kappa shape index (κ1) is 17.1. The number of benzene rings is 1. The van der Waals surface area contributed by atoms with E-state index < -0.39 is 35.1 Å². The van der Waals surface area contributed by atoms with E-state index in [1.807, 2.05) is 0 Å². The highest BCUT2D eigenvalue weighted by Gasteiger charge is 2.21. The summed E-state index contributed by atoms with van der Waals surface area (Å²) in [5, 5.41) is 28.7. The third-order valence-corrected chi connectivity index (χ3v) is 3.25. The van der Waals surface area contributed by atoms with Gasteiger partial charge in [-0.2, -0.15) is 0 Å². The molecule has 0 unspecified atom stereocenters. The fraction of sp³-hybridized carbons (Fsp3) is 0.188. The van der Waals surface area contributed by atoms with E-state index in [4.69, 9.17) is 14.3 Å². The summed E-state index contributed by atoms with van der Waals surface area (Å²) < 4.78 is 10.1. The van der Waals surface area contributed by atoms with Gasteiger partial charge in [0.05, 0.1) is 24.5 Å². The third-order valence-electron chi connectivity index (χ3n) is 3.25. The smallest absolute Gasteiger partial charge is 0.307 e. The van der Waals surface area contributed by atoms with Gasteiger partial charge in [0.15, 0.2) is 17.1 Å². The number of hydrogen-bond donors (Lipinski definition) is 3. The van der Waals surface area contributed by atoms with Crippen LogP contribution in [0.5, 0.6) is 11.5 Å². The molecule has 0 aliphatic heterocycles. The number of fused-ring (bicyclic) bond motifs is 1. The van der Waals surface area contributed by atoms with Crippen LogP contribution in [0.2, 0.25) is 0 Å². The maximum Gasteiger partial charge on any atom is 0.307 e. The van der Waals surface area contributed by atoms with Gasteiger partial charge in [-0.15, -0.1) is 0 Å². The van der Waals surface area contributed by atoms with Gasteiger partial charge in [-0.05, 0) is 18.6 Å². The van der Waals surface area contributed by atoms with Gasteiger partial charge in [0.25, 0.3) is 0 Å². The molecule has 1 aromatic heterocycles. The van der Waals surface area contributed by atoms with Crippen molar-refractivity contribution < 1.29 is 34.1 Å². The van der Waals surface area contributed by atoms with Crippen LogP contribution in [0, 0.1) is 0 Å². The molecule has 1 aromatic carbocycles. The molecule has 0 saturated heterocycles. The van der Waals surface area contributed by atoms with Gasteiger partial charge in [-0.1, -0.05) is 0 Å². The highest BCUT2D eigenvalue weighted by molar-refractivity contribution is 5.95. The normalized spacial score (nSPS) is 11.5. The topological polar surface area (TPSA) is 134 Å². The van der Waals surface area contributed by atoms with Crippen molar-refractivity contribution in [3.63, 3.8) is 0 Å². The van der Waals surface area contributed by atoms with E-state index >= 15 is 0 Å². The Morgan fingerprint density at radius 1 is 1.33 bits per heavy atom. The van der Waals surface area contributed by atoms with Crippen LogP contribution in [0.1, 0.15) is 18.1 Å². The number of phenols is 1. The summed E-state index contributed by atoms with van der Waals surface area (Å²) in [6.45, 7) is 1.19. The lowest BCUT2D eigenvalue weighted by molar-refractivity contribution is -0.136. The number of carbonyl (C=O) groups is 2. The zero-order valence-electron chi connectivity index (χ0n) is 12.8. The quantitative estimate of drug-likeness (QED) is 0.554. The lowest BCUT2D eigenvalue weighted by Crippen LogP contribution is -2.13. The summed E-state index contributed by atoms with van der Waals surface area (Å²) >= 11 is 0.